The van der Waals surface area contributed by atoms with Gasteiger partial charge in [-0.2, -0.15) is 11.8 Å². The van der Waals surface area contributed by atoms with E-state index in [9.17, 15) is 8.42 Å². The minimum Gasteiger partial charge on any atom is -0.366 e. The molecule has 0 amide bonds. The zero-order valence-electron chi connectivity index (χ0n) is 12.0. The van der Waals surface area contributed by atoms with Gasteiger partial charge in [-0.1, -0.05) is 6.42 Å². The van der Waals surface area contributed by atoms with Gasteiger partial charge in [-0.3, -0.25) is 0 Å². The van der Waals surface area contributed by atoms with E-state index in [1.54, 1.807) is 12.1 Å². The standard InChI is InChI=1S/C13H21N3O2S2/c1-16(2)20(17,18)10-7-8-13(14-9-10)15-11-5-4-6-12(11)19-3/h7-9,11-12H,4-6H2,1-3H3,(H,14,15). The first kappa shape index (κ1) is 15.6. The van der Waals surface area contributed by atoms with Crippen LogP contribution in [0.3, 0.4) is 0 Å². The highest BCUT2D eigenvalue weighted by atomic mass is 32.2. The molecule has 1 aliphatic carbocycles. The molecule has 2 unspecified atom stereocenters. The minimum absolute atomic E-state index is 0.223. The molecule has 1 heterocycles. The van der Waals surface area contributed by atoms with Crippen molar-refractivity contribution in [3.63, 3.8) is 0 Å². The normalized spacial score (nSPS) is 23.2. The Hall–Kier alpha value is -0.790. The number of sulfonamides is 1. The Balaban J connectivity index is 2.09. The van der Waals surface area contributed by atoms with Crippen LogP contribution in [0.1, 0.15) is 19.3 Å². The molecule has 2 atom stereocenters. The Bertz CT molecular complexity index is 543. The maximum atomic E-state index is 11.9. The van der Waals surface area contributed by atoms with Gasteiger partial charge >= 0.3 is 0 Å². The Morgan fingerprint density at radius 1 is 1.35 bits per heavy atom. The third kappa shape index (κ3) is 3.27. The van der Waals surface area contributed by atoms with Crippen molar-refractivity contribution in [3.8, 4) is 0 Å². The maximum absolute atomic E-state index is 11.9. The lowest BCUT2D eigenvalue weighted by atomic mass is 10.2. The van der Waals surface area contributed by atoms with Gasteiger partial charge in [0, 0.05) is 31.6 Å². The van der Waals surface area contributed by atoms with Crippen molar-refractivity contribution in [2.24, 2.45) is 0 Å². The first-order valence-electron chi connectivity index (χ1n) is 6.63. The third-order valence-corrected chi connectivity index (χ3v) is 6.57. The van der Waals surface area contributed by atoms with Crippen molar-refractivity contribution >= 4 is 27.6 Å². The van der Waals surface area contributed by atoms with Crippen molar-refractivity contribution in [3.05, 3.63) is 18.3 Å². The lowest BCUT2D eigenvalue weighted by molar-refractivity contribution is 0.520. The number of hydrogen-bond acceptors (Lipinski definition) is 5. The molecular weight excluding hydrogens is 294 g/mol. The summed E-state index contributed by atoms with van der Waals surface area (Å²) in [6.45, 7) is 0. The predicted molar refractivity (Wildman–Crippen MR) is 83.7 cm³/mol. The van der Waals surface area contributed by atoms with Gasteiger partial charge in [-0.25, -0.2) is 17.7 Å². The average Bonchev–Trinajstić information content (AvgIpc) is 2.86. The molecular formula is C13H21N3O2S2. The van der Waals surface area contributed by atoms with Crippen LogP contribution in [0, 0.1) is 0 Å². The Morgan fingerprint density at radius 3 is 2.65 bits per heavy atom. The van der Waals surface area contributed by atoms with E-state index in [4.69, 9.17) is 0 Å². The second kappa shape index (κ2) is 6.32. The highest BCUT2D eigenvalue weighted by Crippen LogP contribution is 2.30. The Morgan fingerprint density at radius 2 is 2.10 bits per heavy atom. The summed E-state index contributed by atoms with van der Waals surface area (Å²) >= 11 is 1.88. The summed E-state index contributed by atoms with van der Waals surface area (Å²) in [4.78, 5) is 4.46. The molecule has 0 saturated heterocycles. The van der Waals surface area contributed by atoms with Crippen LogP contribution in [0.5, 0.6) is 0 Å². The number of pyridine rings is 1. The average molecular weight is 315 g/mol. The molecule has 1 aromatic rings. The number of hydrogen-bond donors (Lipinski definition) is 1. The Kier molecular flexibility index (Phi) is 4.93. The van der Waals surface area contributed by atoms with Gasteiger partial charge in [-0.15, -0.1) is 0 Å². The van der Waals surface area contributed by atoms with Gasteiger partial charge in [-0.05, 0) is 31.2 Å². The minimum atomic E-state index is -3.40. The van der Waals surface area contributed by atoms with Crippen molar-refractivity contribution in [2.45, 2.75) is 35.4 Å². The molecule has 1 fully saturated rings. The van der Waals surface area contributed by atoms with E-state index in [0.29, 0.717) is 11.3 Å². The van der Waals surface area contributed by atoms with Crippen LogP contribution in [-0.2, 0) is 10.0 Å². The van der Waals surface area contributed by atoms with Crippen LogP contribution in [0.15, 0.2) is 23.2 Å². The van der Waals surface area contributed by atoms with Crippen LogP contribution < -0.4 is 5.32 Å². The van der Waals surface area contributed by atoms with Crippen molar-refractivity contribution in [1.82, 2.24) is 9.29 Å². The summed E-state index contributed by atoms with van der Waals surface area (Å²) in [5.41, 5.74) is 0. The van der Waals surface area contributed by atoms with E-state index in [2.05, 4.69) is 16.6 Å². The monoisotopic (exact) mass is 315 g/mol. The quantitative estimate of drug-likeness (QED) is 0.901. The van der Waals surface area contributed by atoms with Gasteiger partial charge in [0.25, 0.3) is 0 Å². The molecule has 1 saturated carbocycles. The topological polar surface area (TPSA) is 62.3 Å². The van der Waals surface area contributed by atoms with E-state index in [-0.39, 0.29) is 4.90 Å². The molecule has 1 N–H and O–H groups in total. The zero-order chi connectivity index (χ0) is 14.8. The molecule has 1 aromatic heterocycles. The van der Waals surface area contributed by atoms with Crippen molar-refractivity contribution in [1.29, 1.82) is 0 Å². The van der Waals surface area contributed by atoms with Crippen LogP contribution in [0.25, 0.3) is 0 Å². The second-order valence-corrected chi connectivity index (χ2v) is 8.35. The van der Waals surface area contributed by atoms with Gasteiger partial charge in [0.2, 0.25) is 10.0 Å². The molecule has 1 aliphatic rings. The summed E-state index contributed by atoms with van der Waals surface area (Å²) < 4.78 is 25.1. The summed E-state index contributed by atoms with van der Waals surface area (Å²) in [5.74, 6) is 0.744. The van der Waals surface area contributed by atoms with Crippen molar-refractivity contribution < 1.29 is 8.42 Å². The van der Waals surface area contributed by atoms with E-state index < -0.39 is 10.0 Å². The molecule has 0 aromatic carbocycles. The number of nitrogens with one attached hydrogen (secondary N) is 1. The second-order valence-electron chi connectivity index (χ2n) is 5.12. The van der Waals surface area contributed by atoms with Crippen LogP contribution in [-0.4, -0.2) is 49.3 Å². The zero-order valence-corrected chi connectivity index (χ0v) is 13.7. The molecule has 0 aliphatic heterocycles. The molecule has 0 radical (unpaired) electrons. The molecule has 7 heteroatoms. The fourth-order valence-electron chi connectivity index (χ4n) is 2.39. The molecule has 0 bridgehead atoms. The first-order valence-corrected chi connectivity index (χ1v) is 9.36. The summed E-state index contributed by atoms with van der Waals surface area (Å²) in [6, 6.07) is 3.77. The lowest BCUT2D eigenvalue weighted by Gasteiger charge is -2.20. The van der Waals surface area contributed by atoms with Gasteiger partial charge < -0.3 is 5.32 Å². The number of nitrogens with zero attached hydrogens (tertiary/aromatic N) is 2. The van der Waals surface area contributed by atoms with Crippen LogP contribution >= 0.6 is 11.8 Å². The third-order valence-electron chi connectivity index (χ3n) is 3.60. The number of aromatic nitrogens is 1. The largest absolute Gasteiger partial charge is 0.366 e. The van der Waals surface area contributed by atoms with E-state index in [0.717, 1.165) is 12.2 Å². The SMILES string of the molecule is CSC1CCCC1Nc1ccc(S(=O)(=O)N(C)C)cn1. The smallest absolute Gasteiger partial charge is 0.244 e. The molecule has 0 spiro atoms. The lowest BCUT2D eigenvalue weighted by Crippen LogP contribution is -2.26. The summed E-state index contributed by atoms with van der Waals surface area (Å²) in [5, 5.41) is 4.02. The van der Waals surface area contributed by atoms with E-state index >= 15 is 0 Å². The van der Waals surface area contributed by atoms with Crippen LogP contribution in [0.4, 0.5) is 5.82 Å². The number of thioether (sulfide) groups is 1. The number of anilines is 1. The first-order chi connectivity index (χ1) is 9.45. The molecule has 2 rings (SSSR count). The van der Waals surface area contributed by atoms with Gasteiger partial charge in [0.15, 0.2) is 0 Å². The highest BCUT2D eigenvalue weighted by molar-refractivity contribution is 7.99. The summed E-state index contributed by atoms with van der Waals surface area (Å²) in [7, 11) is -0.363. The van der Waals surface area contributed by atoms with Gasteiger partial charge in [0.05, 0.1) is 0 Å². The van der Waals surface area contributed by atoms with E-state index in [1.165, 1.54) is 37.4 Å². The molecule has 20 heavy (non-hydrogen) atoms. The van der Waals surface area contributed by atoms with Gasteiger partial charge in [0.1, 0.15) is 10.7 Å². The Labute approximate surface area is 125 Å². The van der Waals surface area contributed by atoms with Crippen molar-refractivity contribution in [2.75, 3.05) is 25.7 Å². The predicted octanol–water partition coefficient (Wildman–Crippen LogP) is 2.03. The number of rotatable bonds is 5. The molecule has 5 nitrogen and oxygen atoms in total. The highest BCUT2D eigenvalue weighted by Gasteiger charge is 2.26. The fourth-order valence-corrected chi connectivity index (χ4v) is 4.17. The van der Waals surface area contributed by atoms with E-state index in [1.807, 2.05) is 11.8 Å². The maximum Gasteiger partial charge on any atom is 0.244 e. The van der Waals surface area contributed by atoms with Crippen LogP contribution in [0.2, 0.25) is 0 Å². The molecule has 112 valence electrons. The summed E-state index contributed by atoms with van der Waals surface area (Å²) in [6.07, 6.45) is 7.15. The fraction of sp³-hybridized carbons (Fsp3) is 0.615.